The van der Waals surface area contributed by atoms with E-state index in [1.807, 2.05) is 0 Å². The van der Waals surface area contributed by atoms with E-state index in [1.54, 1.807) is 6.92 Å². The normalized spacial score (nSPS) is 27.6. The molecule has 4 atom stereocenters. The van der Waals surface area contributed by atoms with E-state index in [9.17, 15) is 24.0 Å². The fraction of sp³-hybridized carbons (Fsp3) is 0.333. The molecule has 0 bridgehead atoms. The summed E-state index contributed by atoms with van der Waals surface area (Å²) in [4.78, 5) is 38.9. The Morgan fingerprint density at radius 3 is 2.48 bits per heavy atom. The van der Waals surface area contributed by atoms with E-state index in [4.69, 9.17) is 10.5 Å². The summed E-state index contributed by atoms with van der Waals surface area (Å²) in [7, 11) is 0. The molecule has 1 aromatic rings. The van der Waals surface area contributed by atoms with E-state index in [2.05, 4.69) is 6.07 Å². The van der Waals surface area contributed by atoms with Crippen molar-refractivity contribution >= 4 is 17.7 Å². The summed E-state index contributed by atoms with van der Waals surface area (Å²) in [6, 6.07) is 5.27. The van der Waals surface area contributed by atoms with Crippen LogP contribution in [0.15, 0.2) is 48.2 Å². The van der Waals surface area contributed by atoms with Crippen molar-refractivity contribution in [2.24, 2.45) is 11.1 Å². The number of nitrogens with two attached hydrogens (primary N) is 1. The van der Waals surface area contributed by atoms with Gasteiger partial charge in [0.1, 0.15) is 11.9 Å². The molecule has 0 saturated carbocycles. The monoisotopic (exact) mass is 397 g/mol. The summed E-state index contributed by atoms with van der Waals surface area (Å²) in [6.07, 6.45) is 4.49. The molecule has 0 unspecified atom stereocenters. The Balaban J connectivity index is 2.28. The number of allylic oxidation sites excluding steroid dienone is 2. The SMILES string of the molecule is CCOC(=O)[C@]1(C#N)[C@H](c2ccc(F)cc2)[C@H](C(N)=O)N2C=C(C(C)=O)C=C[C@@H]21. The molecule has 0 aromatic heterocycles. The second-order valence-corrected chi connectivity index (χ2v) is 6.97. The minimum Gasteiger partial charge on any atom is -0.465 e. The van der Waals surface area contributed by atoms with Gasteiger partial charge in [0.05, 0.1) is 18.7 Å². The Morgan fingerprint density at radius 2 is 1.97 bits per heavy atom. The zero-order valence-corrected chi connectivity index (χ0v) is 16.0. The third-order valence-electron chi connectivity index (χ3n) is 5.39. The fourth-order valence-corrected chi connectivity index (χ4v) is 4.14. The summed E-state index contributed by atoms with van der Waals surface area (Å²) in [5, 5.41) is 10.2. The van der Waals surface area contributed by atoms with Crippen LogP contribution in [0.25, 0.3) is 0 Å². The molecule has 7 nitrogen and oxygen atoms in total. The zero-order chi connectivity index (χ0) is 21.3. The van der Waals surface area contributed by atoms with E-state index in [-0.39, 0.29) is 12.4 Å². The Morgan fingerprint density at radius 1 is 1.31 bits per heavy atom. The number of hydrogen-bond acceptors (Lipinski definition) is 6. The number of hydrogen-bond donors (Lipinski definition) is 1. The van der Waals surface area contributed by atoms with Crippen molar-refractivity contribution in [3.05, 3.63) is 59.6 Å². The van der Waals surface area contributed by atoms with Crippen LogP contribution >= 0.6 is 0 Å². The molecule has 1 aromatic carbocycles. The number of carbonyl (C=O) groups excluding carboxylic acids is 3. The number of esters is 1. The Kier molecular flexibility index (Phi) is 5.25. The van der Waals surface area contributed by atoms with Gasteiger partial charge in [-0.05, 0) is 31.5 Å². The second kappa shape index (κ2) is 7.51. The first-order valence-electron chi connectivity index (χ1n) is 9.09. The molecule has 29 heavy (non-hydrogen) atoms. The van der Waals surface area contributed by atoms with Crippen LogP contribution in [0.5, 0.6) is 0 Å². The molecular formula is C21H20FN3O4. The second-order valence-electron chi connectivity index (χ2n) is 6.97. The summed E-state index contributed by atoms with van der Waals surface area (Å²) in [5.41, 5.74) is 4.56. The van der Waals surface area contributed by atoms with E-state index < -0.39 is 41.1 Å². The highest BCUT2D eigenvalue weighted by atomic mass is 19.1. The van der Waals surface area contributed by atoms with Crippen molar-refractivity contribution in [3.8, 4) is 6.07 Å². The molecule has 3 rings (SSSR count). The molecule has 0 aliphatic carbocycles. The molecule has 150 valence electrons. The van der Waals surface area contributed by atoms with Crippen LogP contribution < -0.4 is 5.73 Å². The van der Waals surface area contributed by atoms with Crippen LogP contribution in [0.1, 0.15) is 25.3 Å². The molecular weight excluding hydrogens is 377 g/mol. The highest BCUT2D eigenvalue weighted by molar-refractivity contribution is 5.97. The molecule has 2 heterocycles. The summed E-state index contributed by atoms with van der Waals surface area (Å²) >= 11 is 0. The van der Waals surface area contributed by atoms with Crippen LogP contribution in [-0.4, -0.2) is 41.3 Å². The zero-order valence-electron chi connectivity index (χ0n) is 16.0. The van der Waals surface area contributed by atoms with Crippen LogP contribution in [0.4, 0.5) is 4.39 Å². The lowest BCUT2D eigenvalue weighted by Gasteiger charge is -2.32. The van der Waals surface area contributed by atoms with Crippen molar-refractivity contribution in [2.75, 3.05) is 6.61 Å². The largest absolute Gasteiger partial charge is 0.465 e. The molecule has 0 spiro atoms. The Bertz CT molecular complexity index is 963. The highest BCUT2D eigenvalue weighted by Gasteiger charge is 2.66. The van der Waals surface area contributed by atoms with E-state index >= 15 is 0 Å². The topological polar surface area (TPSA) is 113 Å². The molecule has 2 N–H and O–H groups in total. The number of primary amides is 1. The average molecular weight is 397 g/mol. The van der Waals surface area contributed by atoms with Gasteiger partial charge in [-0.3, -0.25) is 14.4 Å². The maximum Gasteiger partial charge on any atom is 0.329 e. The number of nitriles is 1. The number of amides is 1. The Labute approximate surface area is 167 Å². The lowest BCUT2D eigenvalue weighted by atomic mass is 9.68. The molecule has 1 saturated heterocycles. The fourth-order valence-electron chi connectivity index (χ4n) is 4.14. The van der Waals surface area contributed by atoms with Crippen LogP contribution in [0.2, 0.25) is 0 Å². The van der Waals surface area contributed by atoms with Gasteiger partial charge in [0.2, 0.25) is 5.91 Å². The first-order valence-corrected chi connectivity index (χ1v) is 9.09. The number of ketones is 1. The van der Waals surface area contributed by atoms with Crippen LogP contribution in [0, 0.1) is 22.6 Å². The van der Waals surface area contributed by atoms with E-state index in [0.29, 0.717) is 11.1 Å². The molecule has 2 aliphatic heterocycles. The molecule has 0 radical (unpaired) electrons. The number of benzene rings is 1. The van der Waals surface area contributed by atoms with Gasteiger partial charge in [-0.2, -0.15) is 5.26 Å². The number of rotatable bonds is 5. The van der Waals surface area contributed by atoms with Gasteiger partial charge in [-0.1, -0.05) is 24.3 Å². The molecule has 2 aliphatic rings. The van der Waals surface area contributed by atoms with Gasteiger partial charge in [0.25, 0.3) is 0 Å². The summed E-state index contributed by atoms with van der Waals surface area (Å²) in [5.74, 6) is -3.36. The quantitative estimate of drug-likeness (QED) is 0.755. The lowest BCUT2D eigenvalue weighted by Crippen LogP contribution is -2.45. The molecule has 1 fully saturated rings. The highest BCUT2D eigenvalue weighted by Crippen LogP contribution is 2.53. The van der Waals surface area contributed by atoms with Crippen molar-refractivity contribution < 1.29 is 23.5 Å². The van der Waals surface area contributed by atoms with E-state index in [1.165, 1.54) is 54.4 Å². The smallest absolute Gasteiger partial charge is 0.329 e. The van der Waals surface area contributed by atoms with Crippen molar-refractivity contribution in [3.63, 3.8) is 0 Å². The number of nitrogens with zero attached hydrogens (tertiary/aromatic N) is 2. The maximum atomic E-state index is 13.5. The number of halogens is 1. The summed E-state index contributed by atoms with van der Waals surface area (Å²) < 4.78 is 18.7. The number of fused-ring (bicyclic) bond motifs is 1. The maximum absolute atomic E-state index is 13.5. The van der Waals surface area contributed by atoms with Crippen LogP contribution in [0.3, 0.4) is 0 Å². The lowest BCUT2D eigenvalue weighted by molar-refractivity contribution is -0.153. The third kappa shape index (κ3) is 3.09. The first kappa shape index (κ1) is 20.3. The van der Waals surface area contributed by atoms with Gasteiger partial charge in [0.15, 0.2) is 11.2 Å². The Hall–Kier alpha value is -3.47. The minimum absolute atomic E-state index is 0.0323. The summed E-state index contributed by atoms with van der Waals surface area (Å²) in [6.45, 7) is 3.01. The first-order chi connectivity index (χ1) is 13.8. The predicted molar refractivity (Wildman–Crippen MR) is 100 cm³/mol. The third-order valence-corrected chi connectivity index (χ3v) is 5.39. The van der Waals surface area contributed by atoms with Gasteiger partial charge in [-0.25, -0.2) is 4.39 Å². The van der Waals surface area contributed by atoms with Gasteiger partial charge in [-0.15, -0.1) is 0 Å². The van der Waals surface area contributed by atoms with Crippen molar-refractivity contribution in [1.29, 1.82) is 5.26 Å². The molecule has 8 heteroatoms. The predicted octanol–water partition coefficient (Wildman–Crippen LogP) is 1.56. The number of Topliss-reactive ketones (excluding diaryl/α,β-unsaturated/α-hetero) is 1. The van der Waals surface area contributed by atoms with Crippen molar-refractivity contribution in [1.82, 2.24) is 4.90 Å². The van der Waals surface area contributed by atoms with Gasteiger partial charge in [0, 0.05) is 17.7 Å². The number of ether oxygens (including phenoxy) is 1. The van der Waals surface area contributed by atoms with E-state index in [0.717, 1.165) is 0 Å². The van der Waals surface area contributed by atoms with Crippen LogP contribution in [-0.2, 0) is 19.1 Å². The average Bonchev–Trinajstić information content (AvgIpc) is 2.99. The standard InChI is InChI=1S/C21H20FN3O4/c1-3-29-20(28)21(11-23)16-9-6-14(12(2)26)10-25(16)18(19(24)27)17(21)13-4-7-15(22)8-5-13/h4-10,16-18H,3H2,1-2H3,(H2,24,27)/t16-,17-,18-,21+/m1/s1. The van der Waals surface area contributed by atoms with Gasteiger partial charge >= 0.3 is 5.97 Å². The van der Waals surface area contributed by atoms with Crippen molar-refractivity contribution in [2.45, 2.75) is 31.8 Å². The minimum atomic E-state index is -1.82. The number of carbonyl (C=O) groups is 3. The van der Waals surface area contributed by atoms with Gasteiger partial charge < -0.3 is 15.4 Å². The molecule has 1 amide bonds.